The van der Waals surface area contributed by atoms with Gasteiger partial charge in [-0.15, -0.1) is 0 Å². The Kier molecular flexibility index (Phi) is 4.66. The lowest BCUT2D eigenvalue weighted by atomic mass is 10.1. The van der Waals surface area contributed by atoms with Gasteiger partial charge >= 0.3 is 0 Å². The van der Waals surface area contributed by atoms with E-state index in [0.717, 1.165) is 23.8 Å². The van der Waals surface area contributed by atoms with E-state index in [0.29, 0.717) is 5.56 Å². The summed E-state index contributed by atoms with van der Waals surface area (Å²) in [5.41, 5.74) is 1.37. The average Bonchev–Trinajstić information content (AvgIpc) is 3.38. The number of sulfonamides is 1. The zero-order chi connectivity index (χ0) is 17.0. The lowest BCUT2D eigenvalue weighted by Gasteiger charge is -2.10. The van der Waals surface area contributed by atoms with Crippen LogP contribution in [0.5, 0.6) is 0 Å². The average molecular weight is 342 g/mol. The second-order valence-corrected chi connectivity index (χ2v) is 7.22. The fraction of sp³-hybridized carbons (Fsp3) is 0.167. The summed E-state index contributed by atoms with van der Waals surface area (Å²) in [5.74, 6) is -0.261. The van der Waals surface area contributed by atoms with Crippen molar-refractivity contribution in [3.8, 4) is 0 Å². The van der Waals surface area contributed by atoms with Crippen LogP contribution in [0, 0.1) is 0 Å². The Labute approximate surface area is 141 Å². The van der Waals surface area contributed by atoms with Gasteiger partial charge in [-0.25, -0.2) is 8.42 Å². The molecule has 2 aromatic rings. The van der Waals surface area contributed by atoms with Crippen molar-refractivity contribution >= 4 is 27.7 Å². The zero-order valence-corrected chi connectivity index (χ0v) is 13.8. The molecule has 0 radical (unpaired) electrons. The third-order valence-corrected chi connectivity index (χ3v) is 4.57. The highest BCUT2D eigenvalue weighted by molar-refractivity contribution is 7.95. The van der Waals surface area contributed by atoms with Gasteiger partial charge in [0.25, 0.3) is 15.9 Å². The standard InChI is InChI=1S/C18H18N2O3S/c21-18(19-15-10-11-15)16-8-4-5-9-17(16)20-24(22,23)13-12-14-6-2-1-3-7-14/h1-9,12-13,15,20H,10-11H2,(H,19,21). The highest BCUT2D eigenvalue weighted by Gasteiger charge is 2.25. The molecule has 0 bridgehead atoms. The van der Waals surface area contributed by atoms with Gasteiger partial charge in [-0.1, -0.05) is 42.5 Å². The Bertz CT molecular complexity index is 857. The molecule has 0 heterocycles. The number of nitrogens with one attached hydrogen (secondary N) is 2. The van der Waals surface area contributed by atoms with Gasteiger partial charge in [-0.3, -0.25) is 9.52 Å². The van der Waals surface area contributed by atoms with Crippen molar-refractivity contribution in [2.24, 2.45) is 0 Å². The summed E-state index contributed by atoms with van der Waals surface area (Å²) in [7, 11) is -3.71. The summed E-state index contributed by atoms with van der Waals surface area (Å²) in [4.78, 5) is 12.2. The van der Waals surface area contributed by atoms with E-state index in [1.807, 2.05) is 30.3 Å². The molecule has 1 amide bonds. The van der Waals surface area contributed by atoms with Crippen LogP contribution in [-0.4, -0.2) is 20.4 Å². The van der Waals surface area contributed by atoms with Crippen LogP contribution in [0.4, 0.5) is 5.69 Å². The van der Waals surface area contributed by atoms with Crippen LogP contribution in [0.15, 0.2) is 60.0 Å². The van der Waals surface area contributed by atoms with E-state index < -0.39 is 10.0 Å². The third kappa shape index (κ3) is 4.45. The Morgan fingerprint density at radius 3 is 2.38 bits per heavy atom. The number of hydrogen-bond acceptors (Lipinski definition) is 3. The SMILES string of the molecule is O=C(NC1CC1)c1ccccc1NS(=O)(=O)C=Cc1ccccc1. The lowest BCUT2D eigenvalue weighted by Crippen LogP contribution is -2.26. The van der Waals surface area contributed by atoms with Gasteiger partial charge in [0, 0.05) is 6.04 Å². The topological polar surface area (TPSA) is 75.3 Å². The van der Waals surface area contributed by atoms with Crippen molar-refractivity contribution in [3.63, 3.8) is 0 Å². The highest BCUT2D eigenvalue weighted by Crippen LogP contribution is 2.22. The number of amides is 1. The Hall–Kier alpha value is -2.60. The number of benzene rings is 2. The van der Waals surface area contributed by atoms with E-state index in [1.165, 1.54) is 6.08 Å². The van der Waals surface area contributed by atoms with E-state index in [2.05, 4.69) is 10.0 Å². The van der Waals surface area contributed by atoms with Crippen LogP contribution in [0.2, 0.25) is 0 Å². The smallest absolute Gasteiger partial charge is 0.255 e. The number of anilines is 1. The van der Waals surface area contributed by atoms with E-state index in [9.17, 15) is 13.2 Å². The zero-order valence-electron chi connectivity index (χ0n) is 13.0. The van der Waals surface area contributed by atoms with Crippen LogP contribution in [0.1, 0.15) is 28.8 Å². The van der Waals surface area contributed by atoms with Crippen molar-refractivity contribution in [1.29, 1.82) is 0 Å². The molecule has 1 aliphatic carbocycles. The van der Waals surface area contributed by atoms with Crippen LogP contribution in [0.25, 0.3) is 6.08 Å². The molecule has 0 aliphatic heterocycles. The molecule has 124 valence electrons. The van der Waals surface area contributed by atoms with Crippen LogP contribution in [-0.2, 0) is 10.0 Å². The maximum absolute atomic E-state index is 12.3. The molecule has 24 heavy (non-hydrogen) atoms. The number of para-hydroxylation sites is 1. The quantitative estimate of drug-likeness (QED) is 0.847. The lowest BCUT2D eigenvalue weighted by molar-refractivity contribution is 0.0952. The first kappa shape index (κ1) is 16.3. The second-order valence-electron chi connectivity index (χ2n) is 5.65. The molecule has 1 fully saturated rings. The molecule has 0 aromatic heterocycles. The summed E-state index contributed by atoms with van der Waals surface area (Å²) in [6, 6.07) is 15.9. The molecule has 2 N–H and O–H groups in total. The molecule has 6 heteroatoms. The van der Waals surface area contributed by atoms with Crippen molar-refractivity contribution in [2.75, 3.05) is 4.72 Å². The predicted octanol–water partition coefficient (Wildman–Crippen LogP) is 2.99. The molecule has 0 saturated heterocycles. The normalized spacial score (nSPS) is 14.5. The van der Waals surface area contributed by atoms with Crippen molar-refractivity contribution < 1.29 is 13.2 Å². The third-order valence-electron chi connectivity index (χ3n) is 3.58. The number of hydrogen-bond donors (Lipinski definition) is 2. The summed E-state index contributed by atoms with van der Waals surface area (Å²) in [5, 5.41) is 3.96. The van der Waals surface area contributed by atoms with Crippen molar-refractivity contribution in [3.05, 3.63) is 71.1 Å². The fourth-order valence-corrected chi connectivity index (χ4v) is 3.07. The van der Waals surface area contributed by atoms with Gasteiger partial charge in [0.1, 0.15) is 0 Å². The van der Waals surface area contributed by atoms with Gasteiger partial charge in [0.2, 0.25) is 0 Å². The maximum Gasteiger partial charge on any atom is 0.255 e. The molecular formula is C18H18N2O3S. The van der Waals surface area contributed by atoms with Crippen LogP contribution >= 0.6 is 0 Å². The monoisotopic (exact) mass is 342 g/mol. The molecule has 0 atom stereocenters. The van der Waals surface area contributed by atoms with Crippen molar-refractivity contribution in [1.82, 2.24) is 5.32 Å². The van der Waals surface area contributed by atoms with Crippen LogP contribution in [0.3, 0.4) is 0 Å². The van der Waals surface area contributed by atoms with Crippen molar-refractivity contribution in [2.45, 2.75) is 18.9 Å². The molecule has 1 saturated carbocycles. The first-order valence-corrected chi connectivity index (χ1v) is 9.24. The number of carbonyl (C=O) groups is 1. The molecular weight excluding hydrogens is 324 g/mol. The molecule has 0 spiro atoms. The van der Waals surface area contributed by atoms with Gasteiger partial charge in [-0.2, -0.15) is 0 Å². The van der Waals surface area contributed by atoms with Crippen LogP contribution < -0.4 is 10.0 Å². The number of carbonyl (C=O) groups excluding carboxylic acids is 1. The summed E-state index contributed by atoms with van der Waals surface area (Å²) < 4.78 is 27.0. The molecule has 0 unspecified atom stereocenters. The minimum absolute atomic E-state index is 0.208. The molecule has 2 aromatic carbocycles. The second kappa shape index (κ2) is 6.88. The van der Waals surface area contributed by atoms with E-state index in [1.54, 1.807) is 24.3 Å². The van der Waals surface area contributed by atoms with E-state index in [4.69, 9.17) is 0 Å². The summed E-state index contributed by atoms with van der Waals surface area (Å²) >= 11 is 0. The summed E-state index contributed by atoms with van der Waals surface area (Å²) in [6.45, 7) is 0. The Morgan fingerprint density at radius 2 is 1.67 bits per heavy atom. The minimum atomic E-state index is -3.71. The number of rotatable bonds is 6. The minimum Gasteiger partial charge on any atom is -0.349 e. The first-order chi connectivity index (χ1) is 11.5. The van der Waals surface area contributed by atoms with Gasteiger partial charge in [0.15, 0.2) is 0 Å². The Morgan fingerprint density at radius 1 is 1.00 bits per heavy atom. The fourth-order valence-electron chi connectivity index (χ4n) is 2.18. The van der Waals surface area contributed by atoms with Gasteiger partial charge < -0.3 is 5.32 Å². The van der Waals surface area contributed by atoms with E-state index >= 15 is 0 Å². The maximum atomic E-state index is 12.3. The predicted molar refractivity (Wildman–Crippen MR) is 94.9 cm³/mol. The molecule has 5 nitrogen and oxygen atoms in total. The Balaban J connectivity index is 1.77. The van der Waals surface area contributed by atoms with E-state index in [-0.39, 0.29) is 17.6 Å². The highest BCUT2D eigenvalue weighted by atomic mass is 32.2. The largest absolute Gasteiger partial charge is 0.349 e. The molecule has 1 aliphatic rings. The first-order valence-electron chi connectivity index (χ1n) is 7.69. The van der Waals surface area contributed by atoms with Gasteiger partial charge in [0.05, 0.1) is 16.7 Å². The molecule has 3 rings (SSSR count). The van der Waals surface area contributed by atoms with Gasteiger partial charge in [-0.05, 0) is 36.6 Å². The summed E-state index contributed by atoms with van der Waals surface area (Å²) in [6.07, 6.45) is 3.45.